The fraction of sp³-hybridized carbons (Fsp3) is 0. The number of hydrogen-bond acceptors (Lipinski definition) is 0. The third-order valence-corrected chi connectivity index (χ3v) is 3.43. The Bertz CT molecular complexity index is 235. The number of benzene rings is 1. The van der Waals surface area contributed by atoms with Crippen LogP contribution >= 0.6 is 45.8 Å². The molecule has 1 aromatic carbocycles. The van der Waals surface area contributed by atoms with Gasteiger partial charge in [0.1, 0.15) is 5.82 Å². The maximum atomic E-state index is 12.6. The molecule has 1 aromatic rings. The molecule has 0 N–H and O–H groups in total. The van der Waals surface area contributed by atoms with Crippen molar-refractivity contribution in [2.75, 3.05) is 0 Å². The van der Waals surface area contributed by atoms with Crippen LogP contribution in [0.1, 0.15) is 0 Å². The minimum absolute atomic E-state index is 0.0908. The highest BCUT2D eigenvalue weighted by molar-refractivity contribution is 14.1. The van der Waals surface area contributed by atoms with E-state index in [-0.39, 0.29) is 5.02 Å². The predicted octanol–water partition coefficient (Wildman–Crippen LogP) is 3.74. The van der Waals surface area contributed by atoms with Crippen molar-refractivity contribution in [1.82, 2.24) is 0 Å². The van der Waals surface area contributed by atoms with E-state index < -0.39 is 5.82 Å². The molecule has 54 valence electrons. The van der Waals surface area contributed by atoms with Crippen LogP contribution in [0.4, 0.5) is 4.39 Å². The maximum Gasteiger partial charge on any atom is 0.142 e. The maximum absolute atomic E-state index is 12.6. The fourth-order valence-corrected chi connectivity index (χ4v) is 1.31. The van der Waals surface area contributed by atoms with E-state index >= 15 is 0 Å². The first-order valence-electron chi connectivity index (χ1n) is 2.42. The van der Waals surface area contributed by atoms with Crippen molar-refractivity contribution in [2.45, 2.75) is 0 Å². The Labute approximate surface area is 81.5 Å². The third kappa shape index (κ3) is 1.54. The fourth-order valence-electron chi connectivity index (χ4n) is 0.502. The molecule has 0 heterocycles. The van der Waals surface area contributed by atoms with Crippen molar-refractivity contribution < 1.29 is 4.39 Å². The molecule has 0 aromatic heterocycles. The van der Waals surface area contributed by atoms with Gasteiger partial charge in [-0.05, 0) is 34.7 Å². The lowest BCUT2D eigenvalue weighted by molar-refractivity contribution is 0.627. The molecule has 0 atom stereocenters. The third-order valence-electron chi connectivity index (χ3n) is 0.988. The molecule has 0 saturated carbocycles. The van der Waals surface area contributed by atoms with Crippen LogP contribution in [0.3, 0.4) is 0 Å². The highest BCUT2D eigenvalue weighted by Crippen LogP contribution is 2.27. The summed E-state index contributed by atoms with van der Waals surface area (Å²) in [6.07, 6.45) is 0. The van der Waals surface area contributed by atoms with E-state index in [2.05, 4.69) is 0 Å². The second-order valence-corrected chi connectivity index (χ2v) is 3.52. The highest BCUT2D eigenvalue weighted by atomic mass is 127. The molecule has 0 radical (unpaired) electrons. The molecule has 0 unspecified atom stereocenters. The molecule has 0 spiro atoms. The minimum Gasteiger partial charge on any atom is -0.205 e. The van der Waals surface area contributed by atoms with Crippen molar-refractivity contribution in [1.29, 1.82) is 0 Å². The van der Waals surface area contributed by atoms with Gasteiger partial charge in [0.25, 0.3) is 0 Å². The molecular weight excluding hydrogens is 289 g/mol. The van der Waals surface area contributed by atoms with Crippen LogP contribution in [0.15, 0.2) is 12.1 Å². The zero-order valence-corrected chi connectivity index (χ0v) is 8.34. The van der Waals surface area contributed by atoms with Crippen molar-refractivity contribution >= 4 is 45.8 Å². The monoisotopic (exact) mass is 290 g/mol. The summed E-state index contributed by atoms with van der Waals surface area (Å²) in [5, 5.41) is 0.570. The molecule has 0 aliphatic rings. The molecule has 0 aliphatic heterocycles. The van der Waals surface area contributed by atoms with Gasteiger partial charge in [0.2, 0.25) is 0 Å². The molecule has 0 amide bonds. The van der Waals surface area contributed by atoms with E-state index in [9.17, 15) is 4.39 Å². The number of rotatable bonds is 0. The zero-order chi connectivity index (χ0) is 7.72. The molecule has 0 saturated heterocycles. The van der Waals surface area contributed by atoms with Crippen LogP contribution in [-0.2, 0) is 0 Å². The summed E-state index contributed by atoms with van der Waals surface area (Å²) >= 11 is 13.0. The average molecular weight is 291 g/mol. The van der Waals surface area contributed by atoms with E-state index in [4.69, 9.17) is 23.2 Å². The van der Waals surface area contributed by atoms with Crippen molar-refractivity contribution in [3.8, 4) is 0 Å². The second kappa shape index (κ2) is 3.24. The summed E-state index contributed by atoms with van der Waals surface area (Å²) in [5.41, 5.74) is 0. The summed E-state index contributed by atoms with van der Waals surface area (Å²) in [7, 11) is 0. The number of halogens is 4. The molecular formula is C6H2Cl2FI. The minimum atomic E-state index is -0.435. The topological polar surface area (TPSA) is 0 Å². The van der Waals surface area contributed by atoms with Gasteiger partial charge in [-0.1, -0.05) is 23.2 Å². The molecule has 0 aliphatic carbocycles. The summed E-state index contributed by atoms with van der Waals surface area (Å²) in [6.45, 7) is 0. The van der Waals surface area contributed by atoms with Crippen LogP contribution in [-0.4, -0.2) is 0 Å². The van der Waals surface area contributed by atoms with Gasteiger partial charge in [0, 0.05) is 0 Å². The van der Waals surface area contributed by atoms with Gasteiger partial charge in [-0.2, -0.15) is 0 Å². The van der Waals surface area contributed by atoms with Gasteiger partial charge in [-0.25, -0.2) is 4.39 Å². The smallest absolute Gasteiger partial charge is 0.142 e. The van der Waals surface area contributed by atoms with Gasteiger partial charge >= 0.3 is 0 Å². The van der Waals surface area contributed by atoms with Crippen LogP contribution in [0.25, 0.3) is 0 Å². The van der Waals surface area contributed by atoms with E-state index in [0.29, 0.717) is 8.59 Å². The first-order chi connectivity index (χ1) is 4.63. The Morgan fingerprint density at radius 1 is 1.30 bits per heavy atom. The normalized spacial score (nSPS) is 10.0. The highest BCUT2D eigenvalue weighted by Gasteiger charge is 2.06. The average Bonchev–Trinajstić information content (AvgIpc) is 1.93. The lowest BCUT2D eigenvalue weighted by Crippen LogP contribution is -1.81. The second-order valence-electron chi connectivity index (χ2n) is 1.66. The first-order valence-corrected chi connectivity index (χ1v) is 4.25. The quantitative estimate of drug-likeness (QED) is 0.388. The summed E-state index contributed by atoms with van der Waals surface area (Å²) in [4.78, 5) is 0. The number of hydrogen-bond donors (Lipinski definition) is 0. The van der Waals surface area contributed by atoms with E-state index in [1.807, 2.05) is 22.6 Å². The van der Waals surface area contributed by atoms with Crippen molar-refractivity contribution in [2.24, 2.45) is 0 Å². The summed E-state index contributed by atoms with van der Waals surface area (Å²) < 4.78 is 13.1. The summed E-state index contributed by atoms with van der Waals surface area (Å²) in [5.74, 6) is -0.435. The van der Waals surface area contributed by atoms with Gasteiger partial charge in [0.15, 0.2) is 0 Å². The summed E-state index contributed by atoms with van der Waals surface area (Å²) in [6, 6.07) is 2.72. The van der Waals surface area contributed by atoms with Crippen molar-refractivity contribution in [3.63, 3.8) is 0 Å². The lowest BCUT2D eigenvalue weighted by atomic mass is 10.3. The molecule has 1 rings (SSSR count). The van der Waals surface area contributed by atoms with E-state index in [0.717, 1.165) is 0 Å². The SMILES string of the molecule is Fc1ccc(Cl)c(I)c1Cl. The van der Waals surface area contributed by atoms with Gasteiger partial charge < -0.3 is 0 Å². The molecule has 0 bridgehead atoms. The largest absolute Gasteiger partial charge is 0.205 e. The van der Waals surface area contributed by atoms with E-state index in [1.165, 1.54) is 12.1 Å². The van der Waals surface area contributed by atoms with Crippen LogP contribution in [0.5, 0.6) is 0 Å². The molecule has 10 heavy (non-hydrogen) atoms. The zero-order valence-electron chi connectivity index (χ0n) is 4.67. The predicted molar refractivity (Wildman–Crippen MR) is 49.1 cm³/mol. The lowest BCUT2D eigenvalue weighted by Gasteiger charge is -1.98. The standard InChI is InChI=1S/C6H2Cl2FI/c7-3-1-2-4(9)5(8)6(3)10/h1-2H. The van der Waals surface area contributed by atoms with E-state index in [1.54, 1.807) is 0 Å². The van der Waals surface area contributed by atoms with Gasteiger partial charge in [-0.15, -0.1) is 0 Å². The van der Waals surface area contributed by atoms with Crippen LogP contribution in [0.2, 0.25) is 10.0 Å². The Hall–Kier alpha value is 0.460. The Morgan fingerprint density at radius 3 is 2.40 bits per heavy atom. The molecule has 4 heteroatoms. The Balaban J connectivity index is 3.34. The van der Waals surface area contributed by atoms with Gasteiger partial charge in [0.05, 0.1) is 13.6 Å². The Kier molecular flexibility index (Phi) is 2.77. The van der Waals surface area contributed by atoms with Crippen LogP contribution in [0, 0.1) is 9.39 Å². The van der Waals surface area contributed by atoms with Crippen LogP contribution < -0.4 is 0 Å². The molecule has 0 nitrogen and oxygen atoms in total. The van der Waals surface area contributed by atoms with Gasteiger partial charge in [-0.3, -0.25) is 0 Å². The van der Waals surface area contributed by atoms with Crippen molar-refractivity contribution in [3.05, 3.63) is 31.6 Å². The first kappa shape index (κ1) is 8.56. The molecule has 0 fully saturated rings. The Morgan fingerprint density at radius 2 is 1.90 bits per heavy atom.